The third-order valence-electron chi connectivity index (χ3n) is 8.84. The first-order chi connectivity index (χ1) is 19.0. The van der Waals surface area contributed by atoms with Crippen molar-refractivity contribution in [3.05, 3.63) is 65.2 Å². The number of ether oxygens (including phenoxy) is 3. The number of hydrogen-bond acceptors (Lipinski definition) is 5. The number of benzene rings is 2. The van der Waals surface area contributed by atoms with E-state index in [0.717, 1.165) is 49.8 Å². The maximum absolute atomic E-state index is 12.3. The molecule has 212 valence electrons. The lowest BCUT2D eigenvalue weighted by atomic mass is 9.73. The fraction of sp³-hybridized carbons (Fsp3) is 0.588. The van der Waals surface area contributed by atoms with Crippen LogP contribution in [-0.4, -0.2) is 24.6 Å². The van der Waals surface area contributed by atoms with Crippen molar-refractivity contribution in [2.24, 2.45) is 23.7 Å². The van der Waals surface area contributed by atoms with Crippen LogP contribution in [0.4, 0.5) is 0 Å². The molecule has 0 bridgehead atoms. The number of fused-ring (bicyclic) bond motifs is 2. The summed E-state index contributed by atoms with van der Waals surface area (Å²) >= 11 is 0. The van der Waals surface area contributed by atoms with Crippen molar-refractivity contribution >= 4 is 11.9 Å². The number of carbonyl (C=O) groups excluding carboxylic acids is 2. The Morgan fingerprint density at radius 3 is 2.54 bits per heavy atom. The molecule has 4 rings (SSSR count). The van der Waals surface area contributed by atoms with E-state index in [4.69, 9.17) is 14.2 Å². The summed E-state index contributed by atoms with van der Waals surface area (Å²) in [6.45, 7) is 6.67. The van der Waals surface area contributed by atoms with Crippen molar-refractivity contribution < 1.29 is 23.8 Å². The zero-order valence-electron chi connectivity index (χ0n) is 24.0. The molecule has 0 unspecified atom stereocenters. The molecule has 5 atom stereocenters. The van der Waals surface area contributed by atoms with E-state index < -0.39 is 0 Å². The number of esters is 2. The molecule has 0 N–H and O–H groups in total. The van der Waals surface area contributed by atoms with Crippen molar-refractivity contribution in [1.82, 2.24) is 0 Å². The van der Waals surface area contributed by atoms with E-state index in [9.17, 15) is 9.59 Å². The normalized spacial score (nSPS) is 22.4. The van der Waals surface area contributed by atoms with E-state index >= 15 is 0 Å². The topological polar surface area (TPSA) is 61.8 Å². The summed E-state index contributed by atoms with van der Waals surface area (Å²) in [5.41, 5.74) is 3.58. The van der Waals surface area contributed by atoms with Gasteiger partial charge < -0.3 is 14.2 Å². The smallest absolute Gasteiger partial charge is 0.344 e. The summed E-state index contributed by atoms with van der Waals surface area (Å²) < 4.78 is 17.3. The molecule has 2 aliphatic carbocycles. The van der Waals surface area contributed by atoms with Crippen molar-refractivity contribution in [1.29, 1.82) is 0 Å². The number of rotatable bonds is 14. The predicted octanol–water partition coefficient (Wildman–Crippen LogP) is 7.48. The molecular formula is C34H46O5. The molecule has 0 aliphatic heterocycles. The summed E-state index contributed by atoms with van der Waals surface area (Å²) in [4.78, 5) is 24.4. The SMILES string of the molecule is CCCCC[C@@H](CC[C@@H]1[C@H]2Cc3cccc(OCC(=O)OCc4ccccc4)c3C[C@H]2C[C@H]1C)OC(=O)CC. The fourth-order valence-electron chi connectivity index (χ4n) is 6.78. The van der Waals surface area contributed by atoms with Crippen LogP contribution in [0.5, 0.6) is 5.75 Å². The molecule has 1 fully saturated rings. The van der Waals surface area contributed by atoms with Crippen molar-refractivity contribution in [3.8, 4) is 5.75 Å². The average molecular weight is 535 g/mol. The lowest BCUT2D eigenvalue weighted by Gasteiger charge is -2.33. The lowest BCUT2D eigenvalue weighted by molar-refractivity contribution is -0.150. The molecule has 0 aromatic heterocycles. The van der Waals surface area contributed by atoms with Gasteiger partial charge in [-0.05, 0) is 91.4 Å². The van der Waals surface area contributed by atoms with Gasteiger partial charge in [0.2, 0.25) is 0 Å². The third-order valence-corrected chi connectivity index (χ3v) is 8.84. The molecule has 2 aliphatic rings. The summed E-state index contributed by atoms with van der Waals surface area (Å²) in [5, 5.41) is 0. The standard InChI is InChI=1S/C34H46O5/c1-4-6-8-15-28(39-33(35)5-2)17-18-29-24(3)19-27-21-31-26(20-30(27)29)14-11-16-32(31)37-23-34(36)38-22-25-12-9-7-10-13-25/h7,9-14,16,24,27-30H,4-6,8,15,17-23H2,1-3H3/t24-,27-,28+,29+,30+/m1/s1. The van der Waals surface area contributed by atoms with Gasteiger partial charge in [0, 0.05) is 6.42 Å². The minimum absolute atomic E-state index is 0.0489. The van der Waals surface area contributed by atoms with Crippen LogP contribution >= 0.6 is 0 Å². The van der Waals surface area contributed by atoms with E-state index in [1.54, 1.807) is 0 Å². The van der Waals surface area contributed by atoms with E-state index in [-0.39, 0.29) is 31.3 Å². The molecule has 0 amide bonds. The third kappa shape index (κ3) is 8.09. The predicted molar refractivity (Wildman–Crippen MR) is 153 cm³/mol. The van der Waals surface area contributed by atoms with Crippen LogP contribution in [0.3, 0.4) is 0 Å². The molecule has 0 heterocycles. The van der Waals surface area contributed by atoms with Gasteiger partial charge in [-0.1, -0.05) is 76.1 Å². The second-order valence-electron chi connectivity index (χ2n) is 11.6. The molecule has 5 heteroatoms. The van der Waals surface area contributed by atoms with E-state index in [0.29, 0.717) is 30.1 Å². The molecule has 0 radical (unpaired) electrons. The largest absolute Gasteiger partial charge is 0.482 e. The van der Waals surface area contributed by atoms with Gasteiger partial charge in [-0.3, -0.25) is 4.79 Å². The first-order valence-corrected chi connectivity index (χ1v) is 15.1. The quantitative estimate of drug-likeness (QED) is 0.186. The minimum Gasteiger partial charge on any atom is -0.482 e. The van der Waals surface area contributed by atoms with Crippen molar-refractivity contribution in [2.45, 2.75) is 97.7 Å². The molecule has 0 saturated heterocycles. The highest BCUT2D eigenvalue weighted by Crippen LogP contribution is 2.51. The van der Waals surface area contributed by atoms with Gasteiger partial charge in [0.1, 0.15) is 18.5 Å². The summed E-state index contributed by atoms with van der Waals surface area (Å²) in [7, 11) is 0. The molecular weight excluding hydrogens is 488 g/mol. The summed E-state index contributed by atoms with van der Waals surface area (Å²) in [6, 6.07) is 16.0. The highest BCUT2D eigenvalue weighted by atomic mass is 16.6. The van der Waals surface area contributed by atoms with Gasteiger partial charge in [-0.2, -0.15) is 0 Å². The molecule has 39 heavy (non-hydrogen) atoms. The Kier molecular flexibility index (Phi) is 10.9. The van der Waals surface area contributed by atoms with Crippen LogP contribution in [0.25, 0.3) is 0 Å². The Labute approximate surface area is 234 Å². The van der Waals surface area contributed by atoms with Crippen LogP contribution in [0.2, 0.25) is 0 Å². The van der Waals surface area contributed by atoms with Crippen LogP contribution in [0.1, 0.15) is 88.8 Å². The van der Waals surface area contributed by atoms with Crippen LogP contribution in [-0.2, 0) is 38.5 Å². The summed E-state index contributed by atoms with van der Waals surface area (Å²) in [5.74, 6) is 2.98. The fourth-order valence-corrected chi connectivity index (χ4v) is 6.78. The molecule has 0 spiro atoms. The minimum atomic E-state index is -0.350. The number of unbranched alkanes of at least 4 members (excludes halogenated alkanes) is 2. The van der Waals surface area contributed by atoms with Crippen molar-refractivity contribution in [2.75, 3.05) is 6.61 Å². The Balaban J connectivity index is 1.34. The first-order valence-electron chi connectivity index (χ1n) is 15.1. The van der Waals surface area contributed by atoms with Gasteiger partial charge in [0.05, 0.1) is 0 Å². The Morgan fingerprint density at radius 2 is 1.77 bits per heavy atom. The Bertz CT molecular complexity index is 1060. The van der Waals surface area contributed by atoms with Gasteiger partial charge >= 0.3 is 11.9 Å². The molecule has 5 nitrogen and oxygen atoms in total. The zero-order valence-corrected chi connectivity index (χ0v) is 24.0. The maximum Gasteiger partial charge on any atom is 0.344 e. The second-order valence-corrected chi connectivity index (χ2v) is 11.6. The van der Waals surface area contributed by atoms with Gasteiger partial charge in [0.15, 0.2) is 6.61 Å². The van der Waals surface area contributed by atoms with E-state index in [2.05, 4.69) is 19.9 Å². The zero-order chi connectivity index (χ0) is 27.6. The van der Waals surface area contributed by atoms with Gasteiger partial charge in [-0.15, -0.1) is 0 Å². The molecule has 2 aromatic carbocycles. The van der Waals surface area contributed by atoms with Crippen molar-refractivity contribution in [3.63, 3.8) is 0 Å². The Hall–Kier alpha value is -2.82. The van der Waals surface area contributed by atoms with Crippen LogP contribution in [0.15, 0.2) is 48.5 Å². The molecule has 2 aromatic rings. The average Bonchev–Trinajstić information content (AvgIpc) is 3.26. The summed E-state index contributed by atoms with van der Waals surface area (Å²) in [6.07, 6.45) is 10.3. The van der Waals surface area contributed by atoms with Gasteiger partial charge in [0.25, 0.3) is 0 Å². The van der Waals surface area contributed by atoms with Crippen LogP contribution < -0.4 is 4.74 Å². The number of carbonyl (C=O) groups is 2. The second kappa shape index (κ2) is 14.5. The maximum atomic E-state index is 12.3. The highest BCUT2D eigenvalue weighted by molar-refractivity contribution is 5.71. The van der Waals surface area contributed by atoms with E-state index in [1.165, 1.54) is 30.4 Å². The number of hydrogen-bond donors (Lipinski definition) is 0. The molecule has 1 saturated carbocycles. The van der Waals surface area contributed by atoms with Gasteiger partial charge in [-0.25, -0.2) is 4.79 Å². The monoisotopic (exact) mass is 534 g/mol. The first kappa shape index (κ1) is 29.2. The Morgan fingerprint density at radius 1 is 0.949 bits per heavy atom. The lowest BCUT2D eigenvalue weighted by Crippen LogP contribution is -2.27. The van der Waals surface area contributed by atoms with E-state index in [1.807, 2.05) is 49.4 Å². The van der Waals surface area contributed by atoms with Crippen LogP contribution in [0, 0.1) is 23.7 Å². The highest BCUT2D eigenvalue weighted by Gasteiger charge is 2.43.